The summed E-state index contributed by atoms with van der Waals surface area (Å²) in [5, 5.41) is 8.50. The molecule has 0 aromatic heterocycles. The van der Waals surface area contributed by atoms with E-state index in [0.717, 1.165) is 18.4 Å². The standard InChI is InChI=1S/C16H22O3/c1-12-8-9-14(13(2)10-12)11-15(17)6-4-3-5-7-16(18)19/h8-10H,3-7,11H2,1-2H3,(H,18,19). The molecule has 0 aliphatic carbocycles. The minimum atomic E-state index is -0.762. The summed E-state index contributed by atoms with van der Waals surface area (Å²) in [4.78, 5) is 22.2. The van der Waals surface area contributed by atoms with Crippen LogP contribution in [0, 0.1) is 13.8 Å². The Morgan fingerprint density at radius 1 is 1.05 bits per heavy atom. The number of benzene rings is 1. The van der Waals surface area contributed by atoms with Crippen LogP contribution in [0.25, 0.3) is 0 Å². The van der Waals surface area contributed by atoms with Gasteiger partial charge in [-0.25, -0.2) is 0 Å². The van der Waals surface area contributed by atoms with Gasteiger partial charge < -0.3 is 5.11 Å². The van der Waals surface area contributed by atoms with Crippen LogP contribution in [-0.4, -0.2) is 16.9 Å². The van der Waals surface area contributed by atoms with E-state index in [-0.39, 0.29) is 12.2 Å². The molecule has 0 atom stereocenters. The van der Waals surface area contributed by atoms with Crippen molar-refractivity contribution in [2.75, 3.05) is 0 Å². The second kappa shape index (κ2) is 7.72. The number of carbonyl (C=O) groups excluding carboxylic acids is 1. The van der Waals surface area contributed by atoms with E-state index in [1.54, 1.807) is 0 Å². The summed E-state index contributed by atoms with van der Waals surface area (Å²) in [6, 6.07) is 6.14. The third-order valence-corrected chi connectivity index (χ3v) is 3.23. The van der Waals surface area contributed by atoms with Gasteiger partial charge in [-0.15, -0.1) is 0 Å². The summed E-state index contributed by atoms with van der Waals surface area (Å²) in [5.74, 6) is -0.524. The number of Topliss-reactive ketones (excluding diaryl/α,β-unsaturated/α-hetero) is 1. The second-order valence-corrected chi connectivity index (χ2v) is 5.10. The average molecular weight is 262 g/mol. The Balaban J connectivity index is 2.29. The van der Waals surface area contributed by atoms with E-state index in [4.69, 9.17) is 5.11 Å². The molecule has 1 rings (SSSR count). The molecule has 0 amide bonds. The van der Waals surface area contributed by atoms with Gasteiger partial charge in [-0.3, -0.25) is 9.59 Å². The summed E-state index contributed by atoms with van der Waals surface area (Å²) >= 11 is 0. The van der Waals surface area contributed by atoms with Crippen molar-refractivity contribution in [2.45, 2.75) is 52.4 Å². The van der Waals surface area contributed by atoms with E-state index < -0.39 is 5.97 Å². The molecule has 0 unspecified atom stereocenters. The first kappa shape index (κ1) is 15.4. The van der Waals surface area contributed by atoms with Gasteiger partial charge in [0.1, 0.15) is 5.78 Å². The van der Waals surface area contributed by atoms with Crippen LogP contribution >= 0.6 is 0 Å². The molecule has 0 aliphatic rings. The van der Waals surface area contributed by atoms with E-state index in [2.05, 4.69) is 6.07 Å². The lowest BCUT2D eigenvalue weighted by atomic mass is 9.99. The quantitative estimate of drug-likeness (QED) is 0.730. The predicted octanol–water partition coefficient (Wildman–Crippen LogP) is 3.45. The molecule has 1 N–H and O–H groups in total. The molecule has 0 bridgehead atoms. The first-order chi connectivity index (χ1) is 8.99. The van der Waals surface area contributed by atoms with Crippen molar-refractivity contribution >= 4 is 11.8 Å². The Kier molecular flexibility index (Phi) is 6.26. The van der Waals surface area contributed by atoms with Crippen LogP contribution in [0.3, 0.4) is 0 Å². The van der Waals surface area contributed by atoms with Gasteiger partial charge in [0.2, 0.25) is 0 Å². The van der Waals surface area contributed by atoms with Crippen molar-refractivity contribution in [3.8, 4) is 0 Å². The summed E-state index contributed by atoms with van der Waals surface area (Å²) in [7, 11) is 0. The summed E-state index contributed by atoms with van der Waals surface area (Å²) in [5.41, 5.74) is 3.47. The van der Waals surface area contributed by atoms with Crippen LogP contribution in [0.5, 0.6) is 0 Å². The average Bonchev–Trinajstić information content (AvgIpc) is 2.32. The molecule has 0 saturated carbocycles. The third kappa shape index (κ3) is 6.18. The van der Waals surface area contributed by atoms with Gasteiger partial charge in [0, 0.05) is 19.3 Å². The van der Waals surface area contributed by atoms with Gasteiger partial charge in [0.25, 0.3) is 0 Å². The molecule has 0 heterocycles. The zero-order valence-electron chi connectivity index (χ0n) is 11.7. The lowest BCUT2D eigenvalue weighted by Gasteiger charge is -2.06. The highest BCUT2D eigenvalue weighted by atomic mass is 16.4. The van der Waals surface area contributed by atoms with Crippen LogP contribution in [0.1, 0.15) is 48.8 Å². The Morgan fingerprint density at radius 2 is 1.74 bits per heavy atom. The van der Waals surface area contributed by atoms with Crippen LogP contribution in [0.15, 0.2) is 18.2 Å². The molecule has 1 aromatic carbocycles. The highest BCUT2D eigenvalue weighted by Crippen LogP contribution is 2.13. The van der Waals surface area contributed by atoms with Crippen LogP contribution < -0.4 is 0 Å². The zero-order valence-corrected chi connectivity index (χ0v) is 11.7. The van der Waals surface area contributed by atoms with Crippen molar-refractivity contribution in [3.63, 3.8) is 0 Å². The van der Waals surface area contributed by atoms with E-state index in [1.165, 1.54) is 11.1 Å². The molecule has 0 fully saturated rings. The molecule has 1 aromatic rings. The maximum Gasteiger partial charge on any atom is 0.303 e. The molecule has 0 saturated heterocycles. The largest absolute Gasteiger partial charge is 0.481 e. The number of carbonyl (C=O) groups is 2. The number of aryl methyl sites for hydroxylation is 2. The normalized spacial score (nSPS) is 10.4. The number of carboxylic acid groups (broad SMARTS) is 1. The number of unbranched alkanes of at least 4 members (excludes halogenated alkanes) is 2. The van der Waals surface area contributed by atoms with Gasteiger partial charge in [-0.1, -0.05) is 30.2 Å². The van der Waals surface area contributed by atoms with Gasteiger partial charge in [0.15, 0.2) is 0 Å². The Labute approximate surface area is 114 Å². The van der Waals surface area contributed by atoms with Gasteiger partial charge >= 0.3 is 5.97 Å². The molecule has 3 heteroatoms. The molecule has 0 radical (unpaired) electrons. The lowest BCUT2D eigenvalue weighted by molar-refractivity contribution is -0.137. The number of carboxylic acids is 1. The molecular weight excluding hydrogens is 240 g/mol. The fourth-order valence-electron chi connectivity index (χ4n) is 2.12. The van der Waals surface area contributed by atoms with Crippen molar-refractivity contribution in [2.24, 2.45) is 0 Å². The molecular formula is C16H22O3. The fraction of sp³-hybridized carbons (Fsp3) is 0.500. The van der Waals surface area contributed by atoms with Crippen LogP contribution in [0.4, 0.5) is 0 Å². The smallest absolute Gasteiger partial charge is 0.303 e. The SMILES string of the molecule is Cc1ccc(CC(=O)CCCCCC(=O)O)c(C)c1. The van der Waals surface area contributed by atoms with Crippen molar-refractivity contribution < 1.29 is 14.7 Å². The third-order valence-electron chi connectivity index (χ3n) is 3.23. The number of hydrogen-bond donors (Lipinski definition) is 1. The Bertz CT molecular complexity index is 449. The first-order valence-corrected chi connectivity index (χ1v) is 6.78. The molecule has 0 aliphatic heterocycles. The van der Waals surface area contributed by atoms with E-state index in [0.29, 0.717) is 19.3 Å². The van der Waals surface area contributed by atoms with E-state index >= 15 is 0 Å². The van der Waals surface area contributed by atoms with Crippen molar-refractivity contribution in [1.29, 1.82) is 0 Å². The van der Waals surface area contributed by atoms with E-state index in [1.807, 2.05) is 26.0 Å². The Hall–Kier alpha value is -1.64. The number of rotatable bonds is 8. The van der Waals surface area contributed by atoms with Crippen molar-refractivity contribution in [3.05, 3.63) is 34.9 Å². The maximum atomic E-state index is 11.8. The van der Waals surface area contributed by atoms with E-state index in [9.17, 15) is 9.59 Å². The minimum Gasteiger partial charge on any atom is -0.481 e. The van der Waals surface area contributed by atoms with Gasteiger partial charge in [-0.05, 0) is 37.8 Å². The molecule has 3 nitrogen and oxygen atoms in total. The molecule has 104 valence electrons. The Morgan fingerprint density at radius 3 is 2.37 bits per heavy atom. The van der Waals surface area contributed by atoms with Crippen molar-refractivity contribution in [1.82, 2.24) is 0 Å². The number of ketones is 1. The zero-order chi connectivity index (χ0) is 14.3. The number of aliphatic carboxylic acids is 1. The monoisotopic (exact) mass is 262 g/mol. The fourth-order valence-corrected chi connectivity index (χ4v) is 2.12. The van der Waals surface area contributed by atoms with Crippen LogP contribution in [0.2, 0.25) is 0 Å². The van der Waals surface area contributed by atoms with Gasteiger partial charge in [-0.2, -0.15) is 0 Å². The molecule has 19 heavy (non-hydrogen) atoms. The summed E-state index contributed by atoms with van der Waals surface area (Å²) in [6.45, 7) is 4.07. The second-order valence-electron chi connectivity index (χ2n) is 5.10. The highest BCUT2D eigenvalue weighted by Gasteiger charge is 2.06. The first-order valence-electron chi connectivity index (χ1n) is 6.78. The maximum absolute atomic E-state index is 11.8. The lowest BCUT2D eigenvalue weighted by Crippen LogP contribution is -2.04. The summed E-state index contributed by atoms with van der Waals surface area (Å²) < 4.78 is 0. The molecule has 0 spiro atoms. The highest BCUT2D eigenvalue weighted by molar-refractivity contribution is 5.81. The minimum absolute atomic E-state index is 0.200. The topological polar surface area (TPSA) is 54.4 Å². The van der Waals surface area contributed by atoms with Crippen LogP contribution in [-0.2, 0) is 16.0 Å². The summed E-state index contributed by atoms with van der Waals surface area (Å²) in [6.07, 6.45) is 3.50. The number of hydrogen-bond acceptors (Lipinski definition) is 2. The van der Waals surface area contributed by atoms with Gasteiger partial charge in [0.05, 0.1) is 0 Å². The predicted molar refractivity (Wildman–Crippen MR) is 75.3 cm³/mol.